The molecule has 1 rings (SSSR count). The Morgan fingerprint density at radius 2 is 2.05 bits per heavy atom. The van der Waals surface area contributed by atoms with Crippen molar-refractivity contribution in [3.8, 4) is 5.75 Å². The number of ketones is 1. The fourth-order valence-corrected chi connectivity index (χ4v) is 1.74. The Hall–Kier alpha value is -1.84. The van der Waals surface area contributed by atoms with Gasteiger partial charge in [0.1, 0.15) is 5.75 Å². The SMILES string of the molecule is CC(=O)c1cccc(OCC(=O)NCCCC(C)C)c1. The Morgan fingerprint density at radius 1 is 1.30 bits per heavy atom. The molecule has 0 aliphatic carbocycles. The minimum Gasteiger partial charge on any atom is -0.484 e. The van der Waals surface area contributed by atoms with Crippen LogP contribution in [0.2, 0.25) is 0 Å². The van der Waals surface area contributed by atoms with E-state index in [9.17, 15) is 9.59 Å². The number of Topliss-reactive ketones (excluding diaryl/α,β-unsaturated/α-hetero) is 1. The molecule has 1 N–H and O–H groups in total. The maximum Gasteiger partial charge on any atom is 0.257 e. The number of carbonyl (C=O) groups is 2. The van der Waals surface area contributed by atoms with Gasteiger partial charge in [0, 0.05) is 12.1 Å². The van der Waals surface area contributed by atoms with Gasteiger partial charge in [-0.15, -0.1) is 0 Å². The van der Waals surface area contributed by atoms with Crippen LogP contribution >= 0.6 is 0 Å². The Kier molecular flexibility index (Phi) is 6.77. The second kappa shape index (κ2) is 8.35. The monoisotopic (exact) mass is 277 g/mol. The van der Waals surface area contributed by atoms with Gasteiger partial charge < -0.3 is 10.1 Å². The average Bonchev–Trinajstić information content (AvgIpc) is 2.41. The van der Waals surface area contributed by atoms with E-state index in [0.29, 0.717) is 23.8 Å². The van der Waals surface area contributed by atoms with Gasteiger partial charge in [-0.1, -0.05) is 26.0 Å². The molecule has 0 bridgehead atoms. The summed E-state index contributed by atoms with van der Waals surface area (Å²) in [6.07, 6.45) is 2.07. The van der Waals surface area contributed by atoms with Crippen molar-refractivity contribution in [2.45, 2.75) is 33.6 Å². The third kappa shape index (κ3) is 6.36. The molecule has 0 aliphatic rings. The first-order valence-corrected chi connectivity index (χ1v) is 6.99. The Labute approximate surface area is 120 Å². The first-order chi connectivity index (χ1) is 9.49. The minimum absolute atomic E-state index is 0.0198. The maximum atomic E-state index is 11.6. The lowest BCUT2D eigenvalue weighted by Crippen LogP contribution is -2.29. The lowest BCUT2D eigenvalue weighted by molar-refractivity contribution is -0.123. The van der Waals surface area contributed by atoms with Gasteiger partial charge >= 0.3 is 0 Å². The Balaban J connectivity index is 2.30. The first-order valence-electron chi connectivity index (χ1n) is 6.99. The van der Waals surface area contributed by atoms with Crippen LogP contribution in [0.25, 0.3) is 0 Å². The largest absolute Gasteiger partial charge is 0.484 e. The second-order valence-electron chi connectivity index (χ2n) is 5.26. The van der Waals surface area contributed by atoms with E-state index in [4.69, 9.17) is 4.74 Å². The van der Waals surface area contributed by atoms with Crippen LogP contribution in [0.15, 0.2) is 24.3 Å². The second-order valence-corrected chi connectivity index (χ2v) is 5.26. The molecular weight excluding hydrogens is 254 g/mol. The van der Waals surface area contributed by atoms with Crippen molar-refractivity contribution in [3.05, 3.63) is 29.8 Å². The van der Waals surface area contributed by atoms with Crippen LogP contribution in [0.1, 0.15) is 44.0 Å². The van der Waals surface area contributed by atoms with Crippen LogP contribution in [0.4, 0.5) is 0 Å². The van der Waals surface area contributed by atoms with E-state index in [1.165, 1.54) is 6.92 Å². The molecule has 1 amide bonds. The quantitative estimate of drug-likeness (QED) is 0.587. The fraction of sp³-hybridized carbons (Fsp3) is 0.500. The maximum absolute atomic E-state index is 11.6. The smallest absolute Gasteiger partial charge is 0.257 e. The van der Waals surface area contributed by atoms with E-state index < -0.39 is 0 Å². The van der Waals surface area contributed by atoms with Crippen molar-refractivity contribution in [2.24, 2.45) is 5.92 Å². The highest BCUT2D eigenvalue weighted by Crippen LogP contribution is 2.13. The van der Waals surface area contributed by atoms with E-state index in [1.807, 2.05) is 0 Å². The molecular formula is C16H23NO3. The zero-order valence-electron chi connectivity index (χ0n) is 12.4. The van der Waals surface area contributed by atoms with Gasteiger partial charge in [0.2, 0.25) is 0 Å². The van der Waals surface area contributed by atoms with Gasteiger partial charge in [0.15, 0.2) is 12.4 Å². The number of amides is 1. The van der Waals surface area contributed by atoms with Gasteiger partial charge in [-0.2, -0.15) is 0 Å². The Bertz CT molecular complexity index is 455. The molecule has 1 aromatic carbocycles. The van der Waals surface area contributed by atoms with Crippen molar-refractivity contribution >= 4 is 11.7 Å². The van der Waals surface area contributed by atoms with Crippen molar-refractivity contribution in [1.29, 1.82) is 0 Å². The molecule has 0 spiro atoms. The third-order valence-corrected chi connectivity index (χ3v) is 2.89. The number of benzene rings is 1. The van der Waals surface area contributed by atoms with Gasteiger partial charge in [-0.05, 0) is 37.8 Å². The minimum atomic E-state index is -0.137. The van der Waals surface area contributed by atoms with E-state index in [1.54, 1.807) is 24.3 Å². The molecule has 0 aromatic heterocycles. The lowest BCUT2D eigenvalue weighted by atomic mass is 10.1. The summed E-state index contributed by atoms with van der Waals surface area (Å²) < 4.78 is 5.37. The molecule has 20 heavy (non-hydrogen) atoms. The van der Waals surface area contributed by atoms with E-state index in [2.05, 4.69) is 19.2 Å². The van der Waals surface area contributed by atoms with Gasteiger partial charge in [0.25, 0.3) is 5.91 Å². The molecule has 0 aliphatic heterocycles. The molecule has 1 aromatic rings. The highest BCUT2D eigenvalue weighted by atomic mass is 16.5. The predicted octanol–water partition coefficient (Wildman–Crippen LogP) is 2.82. The summed E-state index contributed by atoms with van der Waals surface area (Å²) in [5, 5.41) is 2.81. The zero-order valence-corrected chi connectivity index (χ0v) is 12.4. The lowest BCUT2D eigenvalue weighted by Gasteiger charge is -2.09. The first kappa shape index (κ1) is 16.2. The number of ether oxygens (including phenoxy) is 1. The van der Waals surface area contributed by atoms with E-state index in [0.717, 1.165) is 12.8 Å². The van der Waals surface area contributed by atoms with Gasteiger partial charge in [-0.25, -0.2) is 0 Å². The summed E-state index contributed by atoms with van der Waals surface area (Å²) in [5.41, 5.74) is 0.583. The number of hydrogen-bond donors (Lipinski definition) is 1. The molecule has 4 nitrogen and oxygen atoms in total. The van der Waals surface area contributed by atoms with Gasteiger partial charge in [-0.3, -0.25) is 9.59 Å². The number of carbonyl (C=O) groups excluding carboxylic acids is 2. The Morgan fingerprint density at radius 3 is 2.70 bits per heavy atom. The molecule has 0 fully saturated rings. The summed E-state index contributed by atoms with van der Waals surface area (Å²) >= 11 is 0. The average molecular weight is 277 g/mol. The standard InChI is InChI=1S/C16H23NO3/c1-12(2)6-5-9-17-16(19)11-20-15-8-4-7-14(10-15)13(3)18/h4,7-8,10,12H,5-6,9,11H2,1-3H3,(H,17,19). The van der Waals surface area contributed by atoms with Crippen molar-refractivity contribution < 1.29 is 14.3 Å². The van der Waals surface area contributed by atoms with Crippen LogP contribution in [0.5, 0.6) is 5.75 Å². The molecule has 0 radical (unpaired) electrons. The summed E-state index contributed by atoms with van der Waals surface area (Å²) in [4.78, 5) is 22.8. The number of nitrogens with one attached hydrogen (secondary N) is 1. The van der Waals surface area contributed by atoms with Crippen LogP contribution in [0, 0.1) is 5.92 Å². The number of rotatable bonds is 8. The van der Waals surface area contributed by atoms with Crippen LogP contribution < -0.4 is 10.1 Å². The molecule has 4 heteroatoms. The predicted molar refractivity (Wildman–Crippen MR) is 79.0 cm³/mol. The van der Waals surface area contributed by atoms with Crippen LogP contribution in [-0.4, -0.2) is 24.8 Å². The topological polar surface area (TPSA) is 55.4 Å². The van der Waals surface area contributed by atoms with E-state index >= 15 is 0 Å². The van der Waals surface area contributed by atoms with Crippen molar-refractivity contribution in [3.63, 3.8) is 0 Å². The third-order valence-electron chi connectivity index (χ3n) is 2.89. The highest BCUT2D eigenvalue weighted by Gasteiger charge is 2.05. The summed E-state index contributed by atoms with van der Waals surface area (Å²) in [6.45, 7) is 6.47. The van der Waals surface area contributed by atoms with Crippen LogP contribution in [0.3, 0.4) is 0 Å². The van der Waals surface area contributed by atoms with Crippen molar-refractivity contribution in [2.75, 3.05) is 13.2 Å². The number of hydrogen-bond acceptors (Lipinski definition) is 3. The molecule has 0 heterocycles. The highest BCUT2D eigenvalue weighted by molar-refractivity contribution is 5.94. The molecule has 0 saturated carbocycles. The molecule has 0 saturated heterocycles. The van der Waals surface area contributed by atoms with Crippen molar-refractivity contribution in [1.82, 2.24) is 5.32 Å². The normalized spacial score (nSPS) is 10.4. The fourth-order valence-electron chi connectivity index (χ4n) is 1.74. The zero-order chi connectivity index (χ0) is 15.0. The summed E-state index contributed by atoms with van der Waals surface area (Å²) in [6, 6.07) is 6.85. The molecule has 0 unspecified atom stereocenters. The molecule has 110 valence electrons. The van der Waals surface area contributed by atoms with E-state index in [-0.39, 0.29) is 18.3 Å². The van der Waals surface area contributed by atoms with Crippen LogP contribution in [-0.2, 0) is 4.79 Å². The van der Waals surface area contributed by atoms with Gasteiger partial charge in [0.05, 0.1) is 0 Å². The summed E-state index contributed by atoms with van der Waals surface area (Å²) in [5.74, 6) is 1.03. The summed E-state index contributed by atoms with van der Waals surface area (Å²) in [7, 11) is 0. The molecule has 0 atom stereocenters.